The van der Waals surface area contributed by atoms with Crippen molar-refractivity contribution in [3.8, 4) is 0 Å². The molecule has 2 fully saturated rings. The molecule has 9 nitrogen and oxygen atoms in total. The number of hydrogen-bond acceptors (Lipinski definition) is 7. The Morgan fingerprint density at radius 1 is 1.09 bits per heavy atom. The van der Waals surface area contributed by atoms with E-state index in [-0.39, 0.29) is 24.8 Å². The predicted molar refractivity (Wildman–Crippen MR) is 174 cm³/mol. The second-order valence-corrected chi connectivity index (χ2v) is 16.1. The van der Waals surface area contributed by atoms with Crippen LogP contribution in [0.5, 0.6) is 0 Å². The summed E-state index contributed by atoms with van der Waals surface area (Å²) in [6, 6.07) is 7.49. The molecule has 2 N–H and O–H groups in total. The SMILES string of the molecule is CCCO[C@@H]1C[C@H](C(=O)Nc2cc(C(CCC3CC3)(N[S+]([O-])C(C)(C)C)c3ccncc3)ccc2F)N(C(=O)OC(C)(C)C)C1. The van der Waals surface area contributed by atoms with Crippen LogP contribution in [0.1, 0.15) is 98.1 Å². The number of anilines is 1. The number of halogens is 1. The molecule has 0 bridgehead atoms. The second-order valence-electron chi connectivity index (χ2n) is 14.2. The molecular formula is C34H49FN4O5S. The molecule has 0 radical (unpaired) electrons. The molecule has 1 saturated carbocycles. The monoisotopic (exact) mass is 644 g/mol. The van der Waals surface area contributed by atoms with Gasteiger partial charge in [-0.1, -0.05) is 25.8 Å². The van der Waals surface area contributed by atoms with Crippen molar-refractivity contribution >= 4 is 29.0 Å². The van der Waals surface area contributed by atoms with Crippen molar-refractivity contribution in [2.45, 2.75) is 115 Å². The van der Waals surface area contributed by atoms with E-state index in [4.69, 9.17) is 9.47 Å². The summed E-state index contributed by atoms with van der Waals surface area (Å²) in [5.41, 5.74) is -0.192. The molecule has 4 rings (SSSR count). The van der Waals surface area contributed by atoms with Gasteiger partial charge in [0.1, 0.15) is 27.7 Å². The Labute approximate surface area is 270 Å². The third-order valence-corrected chi connectivity index (χ3v) is 9.74. The van der Waals surface area contributed by atoms with E-state index in [1.807, 2.05) is 39.8 Å². The summed E-state index contributed by atoms with van der Waals surface area (Å²) in [6.45, 7) is 13.7. The van der Waals surface area contributed by atoms with E-state index in [1.165, 1.54) is 11.0 Å². The standard InChI is InChI=1S/C34H49FN4O5S/c1-8-19-43-26-21-29(39(22-26)31(41)44-32(2,3)4)30(40)37-28-20-25(11-12-27(28)35)34(16-13-23-9-10-23,24-14-17-36-18-15-24)38-45(42)33(5,6)7/h11-12,14-15,17-18,20,23,26,29,38H,8-10,13,16,19,21-22H2,1-7H3,(H,37,40)/t26-,29-,34?,45?/m1/s1. The van der Waals surface area contributed by atoms with Crippen LogP contribution < -0.4 is 10.0 Å². The quantitative estimate of drug-likeness (QED) is 0.255. The van der Waals surface area contributed by atoms with Gasteiger partial charge in [0, 0.05) is 36.8 Å². The van der Waals surface area contributed by atoms with E-state index >= 15 is 4.39 Å². The number of nitrogens with zero attached hydrogens (tertiary/aromatic N) is 2. The molecule has 2 heterocycles. The van der Waals surface area contributed by atoms with E-state index in [9.17, 15) is 14.1 Å². The van der Waals surface area contributed by atoms with Crippen LogP contribution in [0.2, 0.25) is 0 Å². The Balaban J connectivity index is 1.69. The smallest absolute Gasteiger partial charge is 0.411 e. The zero-order valence-corrected chi connectivity index (χ0v) is 28.5. The van der Waals surface area contributed by atoms with Crippen LogP contribution in [0.15, 0.2) is 42.7 Å². The number of ether oxygens (including phenoxy) is 2. The van der Waals surface area contributed by atoms with Crippen molar-refractivity contribution in [3.05, 3.63) is 59.7 Å². The maximum Gasteiger partial charge on any atom is 0.411 e. The molecule has 1 aliphatic carbocycles. The third-order valence-electron chi connectivity index (χ3n) is 8.09. The summed E-state index contributed by atoms with van der Waals surface area (Å²) in [5, 5.41) is 2.77. The number of hydrogen-bond donors (Lipinski definition) is 2. The molecule has 1 aromatic heterocycles. The van der Waals surface area contributed by atoms with Crippen molar-refractivity contribution < 1.29 is 28.0 Å². The number of rotatable bonds is 12. The van der Waals surface area contributed by atoms with Gasteiger partial charge in [0.25, 0.3) is 0 Å². The lowest BCUT2D eigenvalue weighted by Crippen LogP contribution is -2.52. The summed E-state index contributed by atoms with van der Waals surface area (Å²) < 4.78 is 43.5. The fraction of sp³-hybridized carbons (Fsp3) is 0.618. The number of nitrogens with one attached hydrogen (secondary N) is 2. The van der Waals surface area contributed by atoms with Crippen molar-refractivity contribution in [1.82, 2.24) is 14.6 Å². The third kappa shape index (κ3) is 9.18. The molecule has 11 heteroatoms. The van der Waals surface area contributed by atoms with Crippen LogP contribution in [-0.4, -0.2) is 62.1 Å². The van der Waals surface area contributed by atoms with Crippen molar-refractivity contribution in [2.24, 2.45) is 5.92 Å². The molecule has 0 spiro atoms. The van der Waals surface area contributed by atoms with E-state index in [2.05, 4.69) is 15.0 Å². The fourth-order valence-corrected chi connectivity index (χ4v) is 6.44. The number of likely N-dealkylation sites (tertiary alicyclic amines) is 1. The van der Waals surface area contributed by atoms with Gasteiger partial charge in [-0.2, -0.15) is 0 Å². The number of benzene rings is 1. The van der Waals surface area contributed by atoms with Gasteiger partial charge < -0.3 is 19.3 Å². The fourth-order valence-electron chi connectivity index (χ4n) is 5.48. The lowest BCUT2D eigenvalue weighted by molar-refractivity contribution is -0.120. The maximum absolute atomic E-state index is 15.5. The van der Waals surface area contributed by atoms with E-state index < -0.39 is 51.1 Å². The van der Waals surface area contributed by atoms with Crippen molar-refractivity contribution in [2.75, 3.05) is 18.5 Å². The molecule has 2 aromatic rings. The first kappa shape index (κ1) is 35.1. The minimum absolute atomic E-state index is 0.0206. The number of aromatic nitrogens is 1. The maximum atomic E-state index is 15.5. The predicted octanol–water partition coefficient (Wildman–Crippen LogP) is 6.45. The highest BCUT2D eigenvalue weighted by atomic mass is 32.2. The van der Waals surface area contributed by atoms with E-state index in [0.717, 1.165) is 31.2 Å². The number of amides is 2. The largest absolute Gasteiger partial charge is 0.598 e. The number of carbonyl (C=O) groups excluding carboxylic acids is 2. The van der Waals surface area contributed by atoms with Crippen LogP contribution in [-0.2, 0) is 31.2 Å². The molecule has 2 aliphatic rings. The Kier molecular flexibility index (Phi) is 11.2. The molecule has 1 saturated heterocycles. The molecule has 1 aliphatic heterocycles. The first-order valence-corrected chi connectivity index (χ1v) is 17.1. The van der Waals surface area contributed by atoms with Crippen LogP contribution in [0, 0.1) is 11.7 Å². The van der Waals surface area contributed by atoms with Gasteiger partial charge >= 0.3 is 6.09 Å². The number of pyridine rings is 1. The van der Waals surface area contributed by atoms with E-state index in [1.54, 1.807) is 45.3 Å². The molecule has 248 valence electrons. The first-order valence-electron chi connectivity index (χ1n) is 16.0. The van der Waals surface area contributed by atoms with Gasteiger partial charge in [0.15, 0.2) is 0 Å². The number of carbonyl (C=O) groups is 2. The Bertz CT molecular complexity index is 1310. The molecular weight excluding hydrogens is 595 g/mol. The Hall–Kier alpha value is -2.73. The summed E-state index contributed by atoms with van der Waals surface area (Å²) in [5.74, 6) is -0.562. The minimum atomic E-state index is -1.48. The van der Waals surface area contributed by atoms with Crippen LogP contribution in [0.25, 0.3) is 0 Å². The highest BCUT2D eigenvalue weighted by Gasteiger charge is 2.45. The average Bonchev–Trinajstić information content (AvgIpc) is 3.70. The summed E-state index contributed by atoms with van der Waals surface area (Å²) in [7, 11) is 0. The van der Waals surface area contributed by atoms with Gasteiger partial charge in [0.2, 0.25) is 5.91 Å². The highest BCUT2D eigenvalue weighted by Crippen LogP contribution is 2.43. The van der Waals surface area contributed by atoms with Crippen LogP contribution in [0.4, 0.5) is 14.9 Å². The summed E-state index contributed by atoms with van der Waals surface area (Å²) in [4.78, 5) is 32.5. The molecule has 2 amide bonds. The van der Waals surface area contributed by atoms with Gasteiger partial charge in [-0.25, -0.2) is 9.18 Å². The Morgan fingerprint density at radius 3 is 2.38 bits per heavy atom. The van der Waals surface area contributed by atoms with Crippen molar-refractivity contribution in [3.63, 3.8) is 0 Å². The molecule has 2 unspecified atom stereocenters. The summed E-state index contributed by atoms with van der Waals surface area (Å²) >= 11 is -1.48. The minimum Gasteiger partial charge on any atom is -0.598 e. The second kappa shape index (κ2) is 14.4. The van der Waals surface area contributed by atoms with Crippen LogP contribution in [0.3, 0.4) is 0 Å². The van der Waals surface area contributed by atoms with Gasteiger partial charge in [-0.05, 0) is 102 Å². The normalized spacial score (nSPS) is 20.9. The summed E-state index contributed by atoms with van der Waals surface area (Å²) in [6.07, 6.45) is 7.29. The zero-order chi connectivity index (χ0) is 33.0. The van der Waals surface area contributed by atoms with Gasteiger partial charge in [-0.3, -0.25) is 14.7 Å². The molecule has 4 atom stereocenters. The first-order chi connectivity index (χ1) is 21.1. The van der Waals surface area contributed by atoms with Gasteiger partial charge in [-0.15, -0.1) is 4.72 Å². The molecule has 1 aromatic carbocycles. The lowest BCUT2D eigenvalue weighted by Gasteiger charge is -2.39. The zero-order valence-electron chi connectivity index (χ0n) is 27.7. The topological polar surface area (TPSA) is 116 Å². The average molecular weight is 645 g/mol. The van der Waals surface area contributed by atoms with Crippen molar-refractivity contribution in [1.29, 1.82) is 0 Å². The molecule has 45 heavy (non-hydrogen) atoms. The van der Waals surface area contributed by atoms with Crippen LogP contribution >= 0.6 is 0 Å². The van der Waals surface area contributed by atoms with E-state index in [0.29, 0.717) is 24.5 Å². The van der Waals surface area contributed by atoms with Gasteiger partial charge in [0.05, 0.1) is 18.3 Å². The highest BCUT2D eigenvalue weighted by molar-refractivity contribution is 7.90. The lowest BCUT2D eigenvalue weighted by atomic mass is 9.79. The Morgan fingerprint density at radius 2 is 1.78 bits per heavy atom.